The maximum absolute atomic E-state index is 12.5. The Morgan fingerprint density at radius 3 is 2.79 bits per heavy atom. The monoisotopic (exact) mass is 403 g/mol. The van der Waals surface area contributed by atoms with Crippen molar-refractivity contribution in [2.24, 2.45) is 11.3 Å². The summed E-state index contributed by atoms with van der Waals surface area (Å²) in [6.45, 7) is 8.90. The fourth-order valence-corrected chi connectivity index (χ4v) is 3.75. The zero-order valence-electron chi connectivity index (χ0n) is 17.4. The summed E-state index contributed by atoms with van der Waals surface area (Å²) in [5.74, 6) is 1.38. The lowest BCUT2D eigenvalue weighted by Crippen LogP contribution is -2.21. The van der Waals surface area contributed by atoms with Crippen LogP contribution in [0.5, 0.6) is 0 Å². The van der Waals surface area contributed by atoms with E-state index in [1.807, 2.05) is 18.2 Å². The highest BCUT2D eigenvalue weighted by Crippen LogP contribution is 2.56. The third-order valence-electron chi connectivity index (χ3n) is 5.97. The molecule has 2 fully saturated rings. The molecule has 6 heteroatoms. The summed E-state index contributed by atoms with van der Waals surface area (Å²) < 4.78 is 5.64. The lowest BCUT2D eigenvalue weighted by Gasteiger charge is -2.32. The van der Waals surface area contributed by atoms with Crippen LogP contribution >= 0.6 is 8.58 Å². The zero-order chi connectivity index (χ0) is 20.0. The second-order valence-corrected chi connectivity index (χ2v) is 9.96. The fraction of sp³-hybridized carbons (Fsp3) is 0.636. The number of nitrogens with one attached hydrogen (secondary N) is 2. The molecule has 1 amide bonds. The molecule has 0 aliphatic heterocycles. The van der Waals surface area contributed by atoms with Crippen molar-refractivity contribution in [3.8, 4) is 0 Å². The minimum Gasteiger partial charge on any atom is -0.379 e. The van der Waals surface area contributed by atoms with E-state index in [0.717, 1.165) is 33.2 Å². The van der Waals surface area contributed by atoms with E-state index in [2.05, 4.69) is 36.1 Å². The first-order valence-corrected chi connectivity index (χ1v) is 12.1. The van der Waals surface area contributed by atoms with E-state index >= 15 is 0 Å². The highest BCUT2D eigenvalue weighted by Gasteiger charge is 2.45. The lowest BCUT2D eigenvalue weighted by molar-refractivity contribution is -0.112. The maximum Gasteiger partial charge on any atom is 0.248 e. The van der Waals surface area contributed by atoms with E-state index in [1.165, 1.54) is 37.7 Å². The molecule has 0 aromatic carbocycles. The predicted octanol–water partition coefficient (Wildman–Crippen LogP) is 4.67. The van der Waals surface area contributed by atoms with Gasteiger partial charge in [0.15, 0.2) is 0 Å². The normalized spacial score (nSPS) is 20.0. The molecular formula is C22H34N3O2P. The molecule has 0 spiro atoms. The van der Waals surface area contributed by atoms with Crippen molar-refractivity contribution in [1.82, 2.24) is 4.98 Å². The molecule has 2 aliphatic rings. The third-order valence-corrected chi connectivity index (χ3v) is 7.12. The second kappa shape index (κ2) is 9.84. The van der Waals surface area contributed by atoms with Gasteiger partial charge in [-0.3, -0.25) is 4.79 Å². The van der Waals surface area contributed by atoms with Gasteiger partial charge in [0.2, 0.25) is 5.91 Å². The molecule has 1 heterocycles. The summed E-state index contributed by atoms with van der Waals surface area (Å²) in [6.07, 6.45) is 9.75. The van der Waals surface area contributed by atoms with Crippen molar-refractivity contribution in [1.29, 1.82) is 0 Å². The molecule has 5 nitrogen and oxygen atoms in total. The van der Waals surface area contributed by atoms with Gasteiger partial charge in [0, 0.05) is 12.6 Å². The summed E-state index contributed by atoms with van der Waals surface area (Å²) in [6, 6.07) is 3.79. The van der Waals surface area contributed by atoms with Gasteiger partial charge in [0.05, 0.1) is 25.1 Å². The third kappa shape index (κ3) is 6.02. The van der Waals surface area contributed by atoms with Crippen molar-refractivity contribution >= 4 is 26.0 Å². The van der Waals surface area contributed by atoms with Gasteiger partial charge >= 0.3 is 0 Å². The number of hydrogen-bond acceptors (Lipinski definition) is 4. The highest BCUT2D eigenvalue weighted by molar-refractivity contribution is 7.37. The van der Waals surface area contributed by atoms with Gasteiger partial charge in [0.25, 0.3) is 0 Å². The van der Waals surface area contributed by atoms with Gasteiger partial charge in [0.1, 0.15) is 5.82 Å². The number of carbonyl (C=O) groups excluding carboxylic acids is 1. The van der Waals surface area contributed by atoms with Crippen LogP contribution in [0.3, 0.4) is 0 Å². The Morgan fingerprint density at radius 2 is 2.21 bits per heavy atom. The van der Waals surface area contributed by atoms with Gasteiger partial charge in [-0.05, 0) is 61.5 Å². The largest absolute Gasteiger partial charge is 0.379 e. The van der Waals surface area contributed by atoms with Crippen molar-refractivity contribution in [2.75, 3.05) is 37.1 Å². The van der Waals surface area contributed by atoms with Gasteiger partial charge in [-0.1, -0.05) is 25.8 Å². The van der Waals surface area contributed by atoms with Crippen LogP contribution in [-0.4, -0.2) is 43.0 Å². The van der Waals surface area contributed by atoms with Crippen molar-refractivity contribution in [3.63, 3.8) is 0 Å². The molecule has 0 saturated heterocycles. The molecule has 0 radical (unpaired) electrons. The summed E-state index contributed by atoms with van der Waals surface area (Å²) in [5.41, 5.74) is 2.99. The number of carbonyl (C=O) groups is 1. The number of allylic oxidation sites excluding steroid dienone is 1. The average Bonchev–Trinajstić information content (AvgIpc) is 3.39. The van der Waals surface area contributed by atoms with Crippen LogP contribution in [0.15, 0.2) is 30.0 Å². The minimum absolute atomic E-state index is 0.0308. The Morgan fingerprint density at radius 1 is 1.43 bits per heavy atom. The molecule has 3 rings (SSSR count). The Balaban J connectivity index is 1.44. The minimum atomic E-state index is -0.0308. The van der Waals surface area contributed by atoms with Gasteiger partial charge in [-0.15, -0.1) is 8.58 Å². The van der Waals surface area contributed by atoms with Crippen LogP contribution in [0.25, 0.3) is 0 Å². The SMILES string of the molecule is CP[C@H](C)COCCNc1ccc(NC(=O)/C=C(/C2CCC2)C2(C)CC2)cn1. The quantitative estimate of drug-likeness (QED) is 0.320. The Labute approximate surface area is 170 Å². The molecule has 1 aromatic rings. The summed E-state index contributed by atoms with van der Waals surface area (Å²) in [7, 11) is 0.916. The van der Waals surface area contributed by atoms with Gasteiger partial charge in [-0.25, -0.2) is 4.98 Å². The lowest BCUT2D eigenvalue weighted by atomic mass is 9.73. The maximum atomic E-state index is 12.5. The fourth-order valence-electron chi connectivity index (χ4n) is 3.47. The van der Waals surface area contributed by atoms with E-state index in [9.17, 15) is 4.79 Å². The van der Waals surface area contributed by atoms with E-state index in [-0.39, 0.29) is 11.3 Å². The first-order chi connectivity index (χ1) is 13.5. The second-order valence-electron chi connectivity index (χ2n) is 8.40. The number of rotatable bonds is 11. The van der Waals surface area contributed by atoms with Crippen molar-refractivity contribution in [2.45, 2.75) is 51.6 Å². The molecule has 154 valence electrons. The molecule has 28 heavy (non-hydrogen) atoms. The van der Waals surface area contributed by atoms with Crippen LogP contribution in [0.2, 0.25) is 0 Å². The number of aromatic nitrogens is 1. The number of pyridine rings is 1. The first kappa shape index (κ1) is 21.3. The Kier molecular flexibility index (Phi) is 7.48. The van der Waals surface area contributed by atoms with Crippen molar-refractivity contribution in [3.05, 3.63) is 30.0 Å². The molecule has 2 saturated carbocycles. The smallest absolute Gasteiger partial charge is 0.248 e. The van der Waals surface area contributed by atoms with Crippen LogP contribution in [0.1, 0.15) is 46.0 Å². The summed E-state index contributed by atoms with van der Waals surface area (Å²) in [4.78, 5) is 16.9. The number of anilines is 2. The Hall–Kier alpha value is -1.45. The molecule has 2 N–H and O–H groups in total. The molecule has 2 atom stereocenters. The molecular weight excluding hydrogens is 369 g/mol. The summed E-state index contributed by atoms with van der Waals surface area (Å²) in [5, 5.41) is 6.22. The zero-order valence-corrected chi connectivity index (χ0v) is 18.4. The Bertz CT molecular complexity index is 682. The molecule has 0 bridgehead atoms. The van der Waals surface area contributed by atoms with E-state index in [4.69, 9.17) is 4.74 Å². The van der Waals surface area contributed by atoms with Crippen molar-refractivity contribution < 1.29 is 9.53 Å². The van der Waals surface area contributed by atoms with Gasteiger partial charge < -0.3 is 15.4 Å². The number of nitrogens with zero attached hydrogens (tertiary/aromatic N) is 1. The average molecular weight is 404 g/mol. The number of ether oxygens (including phenoxy) is 1. The van der Waals surface area contributed by atoms with Crippen LogP contribution in [0, 0.1) is 11.3 Å². The molecule has 1 aromatic heterocycles. The van der Waals surface area contributed by atoms with Crippen LogP contribution < -0.4 is 10.6 Å². The molecule has 1 unspecified atom stereocenters. The van der Waals surface area contributed by atoms with Crippen LogP contribution in [-0.2, 0) is 9.53 Å². The van der Waals surface area contributed by atoms with E-state index in [1.54, 1.807) is 6.20 Å². The molecule has 2 aliphatic carbocycles. The highest BCUT2D eigenvalue weighted by atomic mass is 31.1. The first-order valence-electron chi connectivity index (χ1n) is 10.5. The topological polar surface area (TPSA) is 63.2 Å². The standard InChI is InChI=1S/C22H34N3O2P/c1-16(28-3)15-27-12-11-23-20-8-7-18(14-24-20)25-21(26)13-19(17-5-4-6-17)22(2)9-10-22/h7-8,13-14,16-17,28H,4-6,9-12,15H2,1-3H3,(H,23,24)(H,25,26)/b19-13-/t16-/m1/s1. The summed E-state index contributed by atoms with van der Waals surface area (Å²) >= 11 is 0. The van der Waals surface area contributed by atoms with Gasteiger partial charge in [-0.2, -0.15) is 0 Å². The number of amides is 1. The van der Waals surface area contributed by atoms with Crippen LogP contribution in [0.4, 0.5) is 11.5 Å². The predicted molar refractivity (Wildman–Crippen MR) is 119 cm³/mol. The number of hydrogen-bond donors (Lipinski definition) is 2. The van der Waals surface area contributed by atoms with E-state index < -0.39 is 0 Å². The van der Waals surface area contributed by atoms with E-state index in [0.29, 0.717) is 18.2 Å².